The second-order valence-corrected chi connectivity index (χ2v) is 14.1. The van der Waals surface area contributed by atoms with Gasteiger partial charge < -0.3 is 0 Å². The van der Waals surface area contributed by atoms with E-state index >= 15 is 0 Å². The average Bonchev–Trinajstić information content (AvgIpc) is 2.92. The number of rotatable bonds is 10. The van der Waals surface area contributed by atoms with E-state index in [1.807, 2.05) is 0 Å². The standard InChI is InChI=1S/C34H56F4/c1-2-3-4-5-25-8-14-28(15-9-25)29-16-10-26(11-17-29)6-7-27-12-18-30(19-13-27)31-20-22-32(23-21-31)33(35)24-34(36,37)38/h24-32H,2-23H2,1H3. The summed E-state index contributed by atoms with van der Waals surface area (Å²) in [7, 11) is 0. The Labute approximate surface area is 231 Å². The Bertz CT molecular complexity index is 680. The number of hydrogen-bond acceptors (Lipinski definition) is 0. The van der Waals surface area contributed by atoms with Gasteiger partial charge >= 0.3 is 6.18 Å². The van der Waals surface area contributed by atoms with Gasteiger partial charge in [0.2, 0.25) is 0 Å². The van der Waals surface area contributed by atoms with Crippen LogP contribution in [0.2, 0.25) is 0 Å². The second kappa shape index (κ2) is 14.9. The molecule has 0 aromatic rings. The zero-order valence-corrected chi connectivity index (χ0v) is 24.3. The van der Waals surface area contributed by atoms with Crippen molar-refractivity contribution in [3.8, 4) is 0 Å². The van der Waals surface area contributed by atoms with Crippen LogP contribution in [0, 0.1) is 47.3 Å². The van der Waals surface area contributed by atoms with E-state index in [9.17, 15) is 17.6 Å². The van der Waals surface area contributed by atoms with Crippen LogP contribution in [0.4, 0.5) is 17.6 Å². The Hall–Kier alpha value is -0.540. The molecule has 0 aromatic carbocycles. The molecule has 0 nitrogen and oxygen atoms in total. The second-order valence-electron chi connectivity index (χ2n) is 14.1. The zero-order valence-electron chi connectivity index (χ0n) is 24.3. The molecule has 0 radical (unpaired) electrons. The van der Waals surface area contributed by atoms with E-state index in [-0.39, 0.29) is 6.08 Å². The van der Waals surface area contributed by atoms with Crippen LogP contribution in [0.3, 0.4) is 0 Å². The largest absolute Gasteiger partial charge is 0.412 e. The van der Waals surface area contributed by atoms with E-state index in [4.69, 9.17) is 0 Å². The lowest BCUT2D eigenvalue weighted by molar-refractivity contribution is -0.0821. The van der Waals surface area contributed by atoms with Crippen LogP contribution in [0.25, 0.3) is 0 Å². The lowest BCUT2D eigenvalue weighted by Gasteiger charge is -2.39. The molecule has 0 saturated heterocycles. The van der Waals surface area contributed by atoms with Crippen LogP contribution in [-0.4, -0.2) is 6.18 Å². The van der Waals surface area contributed by atoms with E-state index in [0.717, 1.165) is 48.3 Å². The Morgan fingerprint density at radius 3 is 1.29 bits per heavy atom. The normalized spacial score (nSPS) is 37.8. The fourth-order valence-corrected chi connectivity index (χ4v) is 9.14. The van der Waals surface area contributed by atoms with Crippen molar-refractivity contribution in [2.24, 2.45) is 47.3 Å². The van der Waals surface area contributed by atoms with E-state index in [0.29, 0.717) is 18.8 Å². The van der Waals surface area contributed by atoms with E-state index in [2.05, 4.69) is 6.92 Å². The molecular formula is C34H56F4. The van der Waals surface area contributed by atoms with Gasteiger partial charge in [0, 0.05) is 5.92 Å². The molecule has 0 atom stereocenters. The minimum Gasteiger partial charge on any atom is -0.212 e. The number of unbranched alkanes of at least 4 members (excludes halogenated alkanes) is 2. The molecule has 4 aliphatic carbocycles. The smallest absolute Gasteiger partial charge is 0.212 e. The summed E-state index contributed by atoms with van der Waals surface area (Å²) in [5, 5.41) is 0. The number of hydrogen-bond donors (Lipinski definition) is 0. The summed E-state index contributed by atoms with van der Waals surface area (Å²) in [6.45, 7) is 2.31. The van der Waals surface area contributed by atoms with Crippen molar-refractivity contribution >= 4 is 0 Å². The minimum atomic E-state index is -4.54. The molecule has 38 heavy (non-hydrogen) atoms. The molecule has 0 aliphatic heterocycles. The van der Waals surface area contributed by atoms with Crippen molar-refractivity contribution < 1.29 is 17.6 Å². The lowest BCUT2D eigenvalue weighted by Crippen LogP contribution is -2.27. The SMILES string of the molecule is CCCCCC1CCC(C2CCC(CCC3CCC(C4CCC(C(F)=CC(F)(F)F)CC4)CC3)CC2)CC1. The monoisotopic (exact) mass is 540 g/mol. The van der Waals surface area contributed by atoms with Gasteiger partial charge in [-0.2, -0.15) is 13.2 Å². The highest BCUT2D eigenvalue weighted by Gasteiger charge is 2.35. The van der Waals surface area contributed by atoms with Gasteiger partial charge in [0.25, 0.3) is 0 Å². The van der Waals surface area contributed by atoms with Crippen LogP contribution >= 0.6 is 0 Å². The van der Waals surface area contributed by atoms with Gasteiger partial charge in [-0.25, -0.2) is 4.39 Å². The van der Waals surface area contributed by atoms with E-state index < -0.39 is 17.9 Å². The maximum absolute atomic E-state index is 14.0. The van der Waals surface area contributed by atoms with Gasteiger partial charge in [-0.3, -0.25) is 0 Å². The van der Waals surface area contributed by atoms with Gasteiger partial charge in [0.15, 0.2) is 0 Å². The summed E-state index contributed by atoms with van der Waals surface area (Å²) < 4.78 is 51.4. The molecule has 0 spiro atoms. The summed E-state index contributed by atoms with van der Waals surface area (Å²) in [4.78, 5) is 0. The molecule has 220 valence electrons. The molecule has 4 rings (SSSR count). The topological polar surface area (TPSA) is 0 Å². The quantitative estimate of drug-likeness (QED) is 0.191. The molecule has 4 fully saturated rings. The van der Waals surface area contributed by atoms with Crippen LogP contribution in [-0.2, 0) is 0 Å². The first-order valence-electron chi connectivity index (χ1n) is 16.8. The third-order valence-electron chi connectivity index (χ3n) is 11.7. The molecule has 0 aromatic heterocycles. The molecule has 4 saturated carbocycles. The third-order valence-corrected chi connectivity index (χ3v) is 11.7. The van der Waals surface area contributed by atoms with Gasteiger partial charge in [0.05, 0.1) is 6.08 Å². The van der Waals surface area contributed by atoms with Gasteiger partial charge in [-0.1, -0.05) is 84.0 Å². The maximum atomic E-state index is 14.0. The van der Waals surface area contributed by atoms with Gasteiger partial charge in [-0.15, -0.1) is 0 Å². The molecule has 0 amide bonds. The van der Waals surface area contributed by atoms with Crippen molar-refractivity contribution in [3.63, 3.8) is 0 Å². The van der Waals surface area contributed by atoms with Gasteiger partial charge in [-0.05, 0) is 106 Å². The Morgan fingerprint density at radius 2 is 0.921 bits per heavy atom. The van der Waals surface area contributed by atoms with Gasteiger partial charge in [0.1, 0.15) is 5.83 Å². The van der Waals surface area contributed by atoms with E-state index in [1.165, 1.54) is 116 Å². The summed E-state index contributed by atoms with van der Waals surface area (Å²) in [6.07, 6.45) is 24.1. The Balaban J connectivity index is 1.06. The van der Waals surface area contributed by atoms with Crippen molar-refractivity contribution in [2.45, 2.75) is 154 Å². The predicted molar refractivity (Wildman–Crippen MR) is 150 cm³/mol. The molecule has 0 heterocycles. The first-order valence-corrected chi connectivity index (χ1v) is 16.8. The summed E-state index contributed by atoms with van der Waals surface area (Å²) in [6, 6.07) is 0. The Kier molecular flexibility index (Phi) is 11.9. The fourth-order valence-electron chi connectivity index (χ4n) is 9.14. The zero-order chi connectivity index (χ0) is 27.0. The first kappa shape index (κ1) is 30.4. The highest BCUT2D eigenvalue weighted by molar-refractivity contribution is 5.03. The summed E-state index contributed by atoms with van der Waals surface area (Å²) in [5.41, 5.74) is 0. The molecule has 0 unspecified atom stereocenters. The van der Waals surface area contributed by atoms with E-state index in [1.54, 1.807) is 0 Å². The summed E-state index contributed by atoms with van der Waals surface area (Å²) >= 11 is 0. The predicted octanol–water partition coefficient (Wildman–Crippen LogP) is 12.0. The number of alkyl halides is 3. The van der Waals surface area contributed by atoms with Crippen molar-refractivity contribution in [1.29, 1.82) is 0 Å². The summed E-state index contributed by atoms with van der Waals surface area (Å²) in [5.74, 6) is 4.80. The molecular weight excluding hydrogens is 484 g/mol. The van der Waals surface area contributed by atoms with Crippen LogP contribution in [0.5, 0.6) is 0 Å². The van der Waals surface area contributed by atoms with Crippen LogP contribution in [0.1, 0.15) is 148 Å². The minimum absolute atomic E-state index is 0.115. The first-order chi connectivity index (χ1) is 18.3. The fraction of sp³-hybridized carbons (Fsp3) is 0.941. The van der Waals surface area contributed by atoms with Crippen molar-refractivity contribution in [1.82, 2.24) is 0 Å². The number of allylic oxidation sites excluding steroid dienone is 2. The highest BCUT2D eigenvalue weighted by Crippen LogP contribution is 2.46. The third kappa shape index (κ3) is 9.53. The van der Waals surface area contributed by atoms with Crippen LogP contribution < -0.4 is 0 Å². The molecule has 0 N–H and O–H groups in total. The maximum Gasteiger partial charge on any atom is 0.412 e. The average molecular weight is 541 g/mol. The molecule has 4 heteroatoms. The molecule has 0 bridgehead atoms. The number of halogens is 4. The molecule has 4 aliphatic rings. The Morgan fingerprint density at radius 1 is 0.553 bits per heavy atom. The van der Waals surface area contributed by atoms with Crippen molar-refractivity contribution in [2.75, 3.05) is 0 Å². The van der Waals surface area contributed by atoms with Crippen molar-refractivity contribution in [3.05, 3.63) is 11.9 Å². The lowest BCUT2D eigenvalue weighted by atomic mass is 9.67. The highest BCUT2D eigenvalue weighted by atomic mass is 19.4. The van der Waals surface area contributed by atoms with Crippen LogP contribution in [0.15, 0.2) is 11.9 Å².